The molecule has 1 aliphatic carbocycles. The SMILES string of the molecule is N=Nc1c2c(-c3cccs3)[nH][nH]c-2c2ccccc12. The molecule has 0 atom stereocenters. The third kappa shape index (κ3) is 1.33. The minimum Gasteiger partial charge on any atom is -0.299 e. The number of fused-ring (bicyclic) bond motifs is 3. The average Bonchev–Trinajstić information content (AvgIpc) is 3.14. The van der Waals surface area contributed by atoms with Gasteiger partial charge in [-0.15, -0.1) is 11.3 Å². The Labute approximate surface area is 112 Å². The van der Waals surface area contributed by atoms with E-state index in [1.807, 2.05) is 29.6 Å². The molecule has 4 nitrogen and oxygen atoms in total. The molecule has 1 aliphatic heterocycles. The number of hydrogen-bond donors (Lipinski definition) is 3. The average molecular weight is 266 g/mol. The Morgan fingerprint density at radius 2 is 1.74 bits per heavy atom. The lowest BCUT2D eigenvalue weighted by molar-refractivity contribution is 1.11. The molecule has 4 rings (SSSR count). The van der Waals surface area contributed by atoms with E-state index in [1.165, 1.54) is 0 Å². The molecule has 1 aromatic carbocycles. The standard InChI is InChI=1S/C14H10N4S/c15-16-12-8-4-1-2-5-9(8)13-11(12)14(18-17-13)10-6-3-7-19-10/h1-7,15,17-18H. The van der Waals surface area contributed by atoms with Crippen LogP contribution in [0.3, 0.4) is 0 Å². The monoisotopic (exact) mass is 266 g/mol. The van der Waals surface area contributed by atoms with Gasteiger partial charge in [0.25, 0.3) is 0 Å². The molecular weight excluding hydrogens is 256 g/mol. The maximum absolute atomic E-state index is 7.49. The molecule has 19 heavy (non-hydrogen) atoms. The predicted molar refractivity (Wildman–Crippen MR) is 77.4 cm³/mol. The van der Waals surface area contributed by atoms with E-state index in [1.54, 1.807) is 11.3 Å². The summed E-state index contributed by atoms with van der Waals surface area (Å²) in [6, 6.07) is 12.1. The van der Waals surface area contributed by atoms with E-state index >= 15 is 0 Å². The third-order valence-electron chi connectivity index (χ3n) is 3.38. The number of H-pyrrole nitrogens is 2. The van der Waals surface area contributed by atoms with Crippen LogP contribution in [0.5, 0.6) is 0 Å². The van der Waals surface area contributed by atoms with Crippen molar-refractivity contribution in [2.24, 2.45) is 5.11 Å². The van der Waals surface area contributed by atoms with Gasteiger partial charge in [-0.1, -0.05) is 30.3 Å². The summed E-state index contributed by atoms with van der Waals surface area (Å²) in [4.78, 5) is 1.14. The van der Waals surface area contributed by atoms with E-state index in [0.29, 0.717) is 0 Å². The number of benzene rings is 1. The van der Waals surface area contributed by atoms with Gasteiger partial charge in [0.15, 0.2) is 0 Å². The first-order chi connectivity index (χ1) is 9.40. The van der Waals surface area contributed by atoms with Gasteiger partial charge in [-0.25, -0.2) is 5.53 Å². The molecule has 2 aromatic rings. The van der Waals surface area contributed by atoms with Gasteiger partial charge in [0.05, 0.1) is 21.8 Å². The van der Waals surface area contributed by atoms with Crippen LogP contribution in [0.25, 0.3) is 32.6 Å². The highest BCUT2D eigenvalue weighted by Crippen LogP contribution is 2.48. The van der Waals surface area contributed by atoms with E-state index < -0.39 is 0 Å². The van der Waals surface area contributed by atoms with Gasteiger partial charge in [0.1, 0.15) is 5.69 Å². The first-order valence-electron chi connectivity index (χ1n) is 5.92. The second-order valence-electron chi connectivity index (χ2n) is 4.36. The fourth-order valence-corrected chi connectivity index (χ4v) is 3.31. The zero-order valence-electron chi connectivity index (χ0n) is 9.90. The number of aromatic nitrogens is 2. The molecule has 2 heterocycles. The molecule has 0 radical (unpaired) electrons. The highest BCUT2D eigenvalue weighted by Gasteiger charge is 2.24. The molecule has 0 unspecified atom stereocenters. The Morgan fingerprint density at radius 3 is 2.47 bits per heavy atom. The van der Waals surface area contributed by atoms with Crippen LogP contribution >= 0.6 is 11.3 Å². The quantitative estimate of drug-likeness (QED) is 0.428. The fraction of sp³-hybridized carbons (Fsp3) is 0. The fourth-order valence-electron chi connectivity index (χ4n) is 2.58. The maximum Gasteiger partial charge on any atom is 0.104 e. The summed E-state index contributed by atoms with van der Waals surface area (Å²) in [5.74, 6) is 0. The maximum atomic E-state index is 7.49. The van der Waals surface area contributed by atoms with Gasteiger partial charge in [0, 0.05) is 10.8 Å². The van der Waals surface area contributed by atoms with E-state index in [9.17, 15) is 0 Å². The second kappa shape index (κ2) is 3.80. The second-order valence-corrected chi connectivity index (χ2v) is 5.31. The van der Waals surface area contributed by atoms with Crippen LogP contribution in [-0.2, 0) is 0 Å². The summed E-state index contributed by atoms with van der Waals surface area (Å²) in [7, 11) is 0. The molecule has 0 saturated carbocycles. The van der Waals surface area contributed by atoms with Crippen molar-refractivity contribution in [2.75, 3.05) is 0 Å². The summed E-state index contributed by atoms with van der Waals surface area (Å²) in [5, 5.41) is 14.3. The van der Waals surface area contributed by atoms with Gasteiger partial charge in [-0.05, 0) is 11.4 Å². The Balaban J connectivity index is 2.15. The van der Waals surface area contributed by atoms with Gasteiger partial charge in [-0.2, -0.15) is 5.11 Å². The van der Waals surface area contributed by atoms with Gasteiger partial charge in [0.2, 0.25) is 0 Å². The minimum atomic E-state index is 0.728. The largest absolute Gasteiger partial charge is 0.299 e. The molecule has 0 fully saturated rings. The van der Waals surface area contributed by atoms with E-state index in [2.05, 4.69) is 27.4 Å². The highest BCUT2D eigenvalue weighted by atomic mass is 32.1. The molecular formula is C14H10N4S. The van der Waals surface area contributed by atoms with Crippen molar-refractivity contribution in [3.8, 4) is 21.8 Å². The van der Waals surface area contributed by atoms with Crippen LogP contribution in [0, 0.1) is 5.53 Å². The first kappa shape index (κ1) is 10.5. The van der Waals surface area contributed by atoms with Crippen molar-refractivity contribution in [3.63, 3.8) is 0 Å². The Kier molecular flexibility index (Phi) is 2.10. The van der Waals surface area contributed by atoms with Gasteiger partial charge >= 0.3 is 0 Å². The van der Waals surface area contributed by atoms with E-state index in [-0.39, 0.29) is 0 Å². The van der Waals surface area contributed by atoms with Crippen LogP contribution in [0.1, 0.15) is 0 Å². The lowest BCUT2D eigenvalue weighted by atomic mass is 10.1. The van der Waals surface area contributed by atoms with Crippen molar-refractivity contribution in [1.29, 1.82) is 5.53 Å². The molecule has 0 saturated heterocycles. The molecule has 0 bridgehead atoms. The van der Waals surface area contributed by atoms with Crippen molar-refractivity contribution in [2.45, 2.75) is 0 Å². The lowest BCUT2D eigenvalue weighted by Gasteiger charge is -1.96. The molecule has 0 spiro atoms. The van der Waals surface area contributed by atoms with Gasteiger partial charge < -0.3 is 0 Å². The summed E-state index contributed by atoms with van der Waals surface area (Å²) in [5.41, 5.74) is 11.2. The molecule has 92 valence electrons. The van der Waals surface area contributed by atoms with Crippen LogP contribution in [0.4, 0.5) is 5.69 Å². The van der Waals surface area contributed by atoms with Crippen molar-refractivity contribution >= 4 is 27.8 Å². The highest BCUT2D eigenvalue weighted by molar-refractivity contribution is 7.13. The summed E-state index contributed by atoms with van der Waals surface area (Å²) >= 11 is 1.67. The summed E-state index contributed by atoms with van der Waals surface area (Å²) in [6.45, 7) is 0. The molecule has 3 N–H and O–H groups in total. The van der Waals surface area contributed by atoms with Crippen LogP contribution < -0.4 is 0 Å². The minimum absolute atomic E-state index is 0.728. The Hall–Kier alpha value is -2.40. The number of hydrogen-bond acceptors (Lipinski definition) is 3. The number of aromatic amines is 2. The number of nitrogens with one attached hydrogen (secondary N) is 3. The normalized spacial score (nSPS) is 11.4. The molecule has 0 amide bonds. The number of rotatable bonds is 2. The molecule has 2 aliphatic rings. The van der Waals surface area contributed by atoms with Crippen molar-refractivity contribution in [3.05, 3.63) is 41.8 Å². The first-order valence-corrected chi connectivity index (χ1v) is 6.80. The topological polar surface area (TPSA) is 67.8 Å². The summed E-state index contributed by atoms with van der Waals surface area (Å²) in [6.07, 6.45) is 0. The van der Waals surface area contributed by atoms with Crippen molar-refractivity contribution in [1.82, 2.24) is 10.2 Å². The smallest absolute Gasteiger partial charge is 0.104 e. The molecule has 1 aromatic heterocycles. The predicted octanol–water partition coefficient (Wildman–Crippen LogP) is 4.99. The Morgan fingerprint density at radius 1 is 0.947 bits per heavy atom. The Bertz CT molecular complexity index is 838. The van der Waals surface area contributed by atoms with Crippen LogP contribution in [0.15, 0.2) is 46.9 Å². The lowest BCUT2D eigenvalue weighted by Crippen LogP contribution is -1.73. The summed E-state index contributed by atoms with van der Waals surface area (Å²) < 4.78 is 0. The van der Waals surface area contributed by atoms with Crippen LogP contribution in [-0.4, -0.2) is 10.2 Å². The number of thiophene rings is 1. The van der Waals surface area contributed by atoms with Crippen molar-refractivity contribution < 1.29 is 0 Å². The van der Waals surface area contributed by atoms with E-state index in [0.717, 1.165) is 38.3 Å². The zero-order valence-corrected chi connectivity index (χ0v) is 10.7. The van der Waals surface area contributed by atoms with E-state index in [4.69, 9.17) is 5.53 Å². The third-order valence-corrected chi connectivity index (χ3v) is 4.27. The van der Waals surface area contributed by atoms with Gasteiger partial charge in [-0.3, -0.25) is 10.2 Å². The van der Waals surface area contributed by atoms with Crippen LogP contribution in [0.2, 0.25) is 0 Å². The molecule has 5 heteroatoms. The zero-order chi connectivity index (χ0) is 12.8. The number of nitrogens with zero attached hydrogens (tertiary/aromatic N) is 1.